The molecule has 0 spiro atoms. The van der Waals surface area contributed by atoms with E-state index in [0.717, 1.165) is 17.9 Å². The Bertz CT molecular complexity index is 615. The third-order valence-electron chi connectivity index (χ3n) is 4.76. The Kier molecular flexibility index (Phi) is 7.14. The van der Waals surface area contributed by atoms with Crippen molar-refractivity contribution in [3.63, 3.8) is 0 Å². The van der Waals surface area contributed by atoms with E-state index < -0.39 is 23.5 Å². The zero-order chi connectivity index (χ0) is 20.1. The van der Waals surface area contributed by atoms with Gasteiger partial charge < -0.3 is 4.74 Å². The molecule has 7 heteroatoms. The van der Waals surface area contributed by atoms with Crippen molar-refractivity contribution in [2.45, 2.75) is 65.1 Å². The van der Waals surface area contributed by atoms with Crippen LogP contribution < -0.4 is 10.2 Å². The van der Waals surface area contributed by atoms with Gasteiger partial charge >= 0.3 is 6.18 Å². The minimum absolute atomic E-state index is 0.00792. The van der Waals surface area contributed by atoms with Crippen molar-refractivity contribution in [3.8, 4) is 5.75 Å². The van der Waals surface area contributed by atoms with Crippen LogP contribution in [0.3, 0.4) is 0 Å². The maximum atomic E-state index is 13.7. The Balaban J connectivity index is 2.00. The highest BCUT2D eigenvalue weighted by atomic mass is 19.4. The summed E-state index contributed by atoms with van der Waals surface area (Å²) in [5, 5.41) is 0.978. The van der Waals surface area contributed by atoms with Gasteiger partial charge in [0.25, 0.3) is 0 Å². The maximum absolute atomic E-state index is 13.7. The quantitative estimate of drug-likeness (QED) is 0.607. The van der Waals surface area contributed by atoms with Crippen molar-refractivity contribution in [1.82, 2.24) is 10.4 Å². The lowest BCUT2D eigenvalue weighted by atomic mass is 9.93. The van der Waals surface area contributed by atoms with Crippen molar-refractivity contribution in [2.24, 2.45) is 5.41 Å². The molecule has 1 unspecified atom stereocenters. The summed E-state index contributed by atoms with van der Waals surface area (Å²) in [6, 6.07) is 4.07. The fraction of sp³-hybridized carbons (Fsp3) is 0.650. The number of halogens is 3. The number of nitrogens with one attached hydrogen (secondary N) is 1. The van der Waals surface area contributed by atoms with Gasteiger partial charge in [-0.15, -0.1) is 0 Å². The lowest BCUT2D eigenvalue weighted by Gasteiger charge is -2.29. The van der Waals surface area contributed by atoms with Crippen LogP contribution in [0, 0.1) is 5.41 Å². The first-order chi connectivity index (χ1) is 12.6. The monoisotopic (exact) mass is 386 g/mol. The first kappa shape index (κ1) is 21.5. The van der Waals surface area contributed by atoms with Crippen LogP contribution in [-0.4, -0.2) is 30.2 Å². The van der Waals surface area contributed by atoms with E-state index in [4.69, 9.17) is 4.74 Å². The molecule has 1 aliphatic rings. The van der Waals surface area contributed by atoms with Gasteiger partial charge in [-0.2, -0.15) is 13.2 Å². The number of hydrogen-bond acceptors (Lipinski definition) is 3. The van der Waals surface area contributed by atoms with Crippen LogP contribution in [0.4, 0.5) is 13.2 Å². The maximum Gasteiger partial charge on any atom is 0.409 e. The molecule has 1 atom stereocenters. The number of nitrogens with zero attached hydrogens (tertiary/aromatic N) is 1. The Morgan fingerprint density at radius 2 is 1.78 bits per heavy atom. The number of amides is 1. The number of unbranched alkanes of at least 4 members (excludes halogenated alkanes) is 4. The summed E-state index contributed by atoms with van der Waals surface area (Å²) in [5.74, 6) is 0.153. The van der Waals surface area contributed by atoms with Crippen LogP contribution in [0.15, 0.2) is 24.3 Å². The molecule has 0 bridgehead atoms. The molecule has 152 valence electrons. The molecule has 1 aliphatic heterocycles. The van der Waals surface area contributed by atoms with Crippen LogP contribution >= 0.6 is 0 Å². The van der Waals surface area contributed by atoms with Gasteiger partial charge in [0.1, 0.15) is 11.8 Å². The minimum Gasteiger partial charge on any atom is -0.494 e. The number of carbonyl (C=O) groups is 1. The fourth-order valence-corrected chi connectivity index (χ4v) is 3.16. The lowest BCUT2D eigenvalue weighted by molar-refractivity contribution is -0.191. The molecular weight excluding hydrogens is 357 g/mol. The lowest BCUT2D eigenvalue weighted by Crippen LogP contribution is -2.43. The third kappa shape index (κ3) is 5.86. The first-order valence-corrected chi connectivity index (χ1v) is 9.52. The number of hydrazine groups is 1. The van der Waals surface area contributed by atoms with Crippen molar-refractivity contribution in [2.75, 3.05) is 13.2 Å². The van der Waals surface area contributed by atoms with Gasteiger partial charge in [0.2, 0.25) is 5.91 Å². The van der Waals surface area contributed by atoms with Gasteiger partial charge in [0.05, 0.1) is 12.0 Å². The predicted octanol–water partition coefficient (Wildman–Crippen LogP) is 5.01. The van der Waals surface area contributed by atoms with E-state index in [9.17, 15) is 18.0 Å². The molecule has 0 radical (unpaired) electrons. The number of carbonyl (C=O) groups excluding carboxylic acids is 1. The summed E-state index contributed by atoms with van der Waals surface area (Å²) in [6.45, 7) is 5.97. The van der Waals surface area contributed by atoms with Gasteiger partial charge in [-0.25, -0.2) is 5.01 Å². The predicted molar refractivity (Wildman–Crippen MR) is 98.1 cm³/mol. The van der Waals surface area contributed by atoms with Gasteiger partial charge in [-0.05, 0) is 38.0 Å². The van der Waals surface area contributed by atoms with E-state index in [-0.39, 0.29) is 12.1 Å². The molecule has 1 saturated heterocycles. The Hall–Kier alpha value is -1.76. The Morgan fingerprint density at radius 1 is 1.15 bits per heavy atom. The Morgan fingerprint density at radius 3 is 2.30 bits per heavy atom. The van der Waals surface area contributed by atoms with E-state index in [2.05, 4.69) is 12.3 Å². The summed E-state index contributed by atoms with van der Waals surface area (Å²) >= 11 is 0. The number of alkyl halides is 3. The van der Waals surface area contributed by atoms with E-state index >= 15 is 0 Å². The average Bonchev–Trinajstić information content (AvgIpc) is 2.83. The highest BCUT2D eigenvalue weighted by molar-refractivity contribution is 5.83. The van der Waals surface area contributed by atoms with Crippen LogP contribution in [0.5, 0.6) is 5.75 Å². The van der Waals surface area contributed by atoms with Crippen LogP contribution in [0.1, 0.15) is 64.5 Å². The normalized spacial score (nSPS) is 18.4. The molecular formula is C20H29F3N2O2. The molecule has 0 aromatic heterocycles. The zero-order valence-corrected chi connectivity index (χ0v) is 16.2. The zero-order valence-electron chi connectivity index (χ0n) is 16.2. The summed E-state index contributed by atoms with van der Waals surface area (Å²) < 4.78 is 46.6. The standard InChI is InChI=1S/C20H29F3N2O2/c1-4-5-6-7-8-13-27-16-11-9-15(10-12-16)17(20(21,22)23)25-14-19(2,3)18(26)24-25/h9-12,17H,4-8,13-14H2,1-3H3,(H,24,26). The number of rotatable bonds is 9. The van der Waals surface area contributed by atoms with Crippen molar-refractivity contribution in [1.29, 1.82) is 0 Å². The number of benzene rings is 1. The van der Waals surface area contributed by atoms with Gasteiger partial charge in [0.15, 0.2) is 0 Å². The molecule has 2 rings (SSSR count). The van der Waals surface area contributed by atoms with Crippen molar-refractivity contribution in [3.05, 3.63) is 29.8 Å². The molecule has 27 heavy (non-hydrogen) atoms. The van der Waals surface area contributed by atoms with Gasteiger partial charge in [-0.1, -0.05) is 44.7 Å². The van der Waals surface area contributed by atoms with E-state index in [1.54, 1.807) is 26.0 Å². The number of hydrogen-bond donors (Lipinski definition) is 1. The SMILES string of the molecule is CCCCCCCOc1ccc(C(N2CC(C)(C)C(=O)N2)C(F)(F)F)cc1. The molecule has 1 heterocycles. The second kappa shape index (κ2) is 8.95. The summed E-state index contributed by atoms with van der Waals surface area (Å²) in [5.41, 5.74) is 1.59. The van der Waals surface area contributed by atoms with Crippen molar-refractivity contribution >= 4 is 5.91 Å². The van der Waals surface area contributed by atoms with Crippen LogP contribution in [0.2, 0.25) is 0 Å². The molecule has 0 aliphatic carbocycles. The van der Waals surface area contributed by atoms with Gasteiger partial charge in [-0.3, -0.25) is 10.2 Å². The highest BCUT2D eigenvalue weighted by Crippen LogP contribution is 2.40. The summed E-state index contributed by atoms with van der Waals surface area (Å²) in [4.78, 5) is 11.9. The van der Waals surface area contributed by atoms with Gasteiger partial charge in [0, 0.05) is 6.54 Å². The van der Waals surface area contributed by atoms with E-state index in [1.807, 2.05) is 0 Å². The molecule has 4 nitrogen and oxygen atoms in total. The van der Waals surface area contributed by atoms with E-state index in [1.165, 1.54) is 31.4 Å². The first-order valence-electron chi connectivity index (χ1n) is 9.52. The average molecular weight is 386 g/mol. The molecule has 1 N–H and O–H groups in total. The largest absolute Gasteiger partial charge is 0.494 e. The summed E-state index contributed by atoms with van der Waals surface area (Å²) in [7, 11) is 0. The number of ether oxygens (including phenoxy) is 1. The van der Waals surface area contributed by atoms with Crippen LogP contribution in [-0.2, 0) is 4.79 Å². The molecule has 1 aromatic carbocycles. The minimum atomic E-state index is -4.50. The molecule has 1 aromatic rings. The third-order valence-corrected chi connectivity index (χ3v) is 4.76. The molecule has 0 saturated carbocycles. The fourth-order valence-electron chi connectivity index (χ4n) is 3.16. The second-order valence-corrected chi connectivity index (χ2v) is 7.73. The van der Waals surface area contributed by atoms with Crippen molar-refractivity contribution < 1.29 is 22.7 Å². The molecule has 1 amide bonds. The Labute approximate surface area is 159 Å². The second-order valence-electron chi connectivity index (χ2n) is 7.73. The molecule has 1 fully saturated rings. The van der Waals surface area contributed by atoms with Crippen LogP contribution in [0.25, 0.3) is 0 Å². The topological polar surface area (TPSA) is 41.6 Å². The van der Waals surface area contributed by atoms with E-state index in [0.29, 0.717) is 12.4 Å². The summed E-state index contributed by atoms with van der Waals surface area (Å²) in [6.07, 6.45) is 1.07. The smallest absolute Gasteiger partial charge is 0.409 e. The highest BCUT2D eigenvalue weighted by Gasteiger charge is 2.51.